The number of thiazole rings is 1. The van der Waals surface area contributed by atoms with Crippen LogP contribution in [0.4, 0.5) is 5.00 Å². The van der Waals surface area contributed by atoms with E-state index >= 15 is 0 Å². The Kier molecular flexibility index (Phi) is 4.46. The Hall–Kier alpha value is -2.02. The van der Waals surface area contributed by atoms with Crippen molar-refractivity contribution in [2.24, 2.45) is 0 Å². The monoisotopic (exact) mass is 320 g/mol. The molecule has 2 aromatic rings. The van der Waals surface area contributed by atoms with Gasteiger partial charge in [0.05, 0.1) is 16.9 Å². The maximum atomic E-state index is 12.4. The molecule has 0 saturated heterocycles. The molecule has 1 amide bonds. The SMILES string of the molecule is CCc1ncsc1NC(=O)c1c(C)nc(C(C)(C)C)[nH]c1=O. The number of aromatic nitrogens is 3. The number of hydrogen-bond acceptors (Lipinski definition) is 5. The molecule has 0 bridgehead atoms. The van der Waals surface area contributed by atoms with E-state index in [1.807, 2.05) is 27.7 Å². The minimum atomic E-state index is -0.453. The van der Waals surface area contributed by atoms with Crippen molar-refractivity contribution in [3.8, 4) is 0 Å². The highest BCUT2D eigenvalue weighted by atomic mass is 32.1. The summed E-state index contributed by atoms with van der Waals surface area (Å²) < 4.78 is 0. The van der Waals surface area contributed by atoms with Gasteiger partial charge < -0.3 is 10.3 Å². The lowest BCUT2D eigenvalue weighted by Crippen LogP contribution is -2.30. The summed E-state index contributed by atoms with van der Waals surface area (Å²) in [5.41, 5.74) is 2.25. The first-order chi connectivity index (χ1) is 10.2. The molecule has 2 N–H and O–H groups in total. The molecule has 2 rings (SSSR count). The number of aryl methyl sites for hydroxylation is 2. The van der Waals surface area contributed by atoms with E-state index in [-0.39, 0.29) is 11.0 Å². The third kappa shape index (κ3) is 3.24. The normalized spacial score (nSPS) is 11.5. The van der Waals surface area contributed by atoms with Crippen LogP contribution in [0.2, 0.25) is 0 Å². The zero-order valence-corrected chi connectivity index (χ0v) is 14.2. The summed E-state index contributed by atoms with van der Waals surface area (Å²) in [5.74, 6) is 0.115. The largest absolute Gasteiger partial charge is 0.312 e. The van der Waals surface area contributed by atoms with E-state index in [0.29, 0.717) is 16.5 Å². The van der Waals surface area contributed by atoms with E-state index in [0.717, 1.165) is 12.1 Å². The molecule has 0 spiro atoms. The van der Waals surface area contributed by atoms with Crippen LogP contribution in [0.5, 0.6) is 0 Å². The first-order valence-corrected chi connectivity index (χ1v) is 7.97. The van der Waals surface area contributed by atoms with Crippen LogP contribution in [0.15, 0.2) is 10.3 Å². The summed E-state index contributed by atoms with van der Waals surface area (Å²) in [4.78, 5) is 35.9. The standard InChI is InChI=1S/C15H20N4O2S/c1-6-9-13(22-7-16-9)18-11(20)10-8(2)17-14(15(3,4)5)19-12(10)21/h7H,6H2,1-5H3,(H,18,20)(H,17,19,21). The second-order valence-electron chi connectivity index (χ2n) is 6.06. The van der Waals surface area contributed by atoms with Gasteiger partial charge in [0.1, 0.15) is 16.4 Å². The van der Waals surface area contributed by atoms with E-state index in [2.05, 4.69) is 20.3 Å². The first-order valence-electron chi connectivity index (χ1n) is 7.09. The fourth-order valence-electron chi connectivity index (χ4n) is 2.00. The first kappa shape index (κ1) is 16.4. The lowest BCUT2D eigenvalue weighted by molar-refractivity contribution is 0.102. The van der Waals surface area contributed by atoms with Crippen molar-refractivity contribution in [3.05, 3.63) is 38.6 Å². The fourth-order valence-corrected chi connectivity index (χ4v) is 2.77. The van der Waals surface area contributed by atoms with Gasteiger partial charge >= 0.3 is 0 Å². The molecule has 22 heavy (non-hydrogen) atoms. The summed E-state index contributed by atoms with van der Waals surface area (Å²) in [6, 6.07) is 0. The van der Waals surface area contributed by atoms with Crippen LogP contribution in [0.3, 0.4) is 0 Å². The number of rotatable bonds is 3. The van der Waals surface area contributed by atoms with Crippen LogP contribution in [0.25, 0.3) is 0 Å². The summed E-state index contributed by atoms with van der Waals surface area (Å²) in [6.45, 7) is 9.50. The fraction of sp³-hybridized carbons (Fsp3) is 0.467. The Balaban J connectivity index is 2.37. The summed E-state index contributed by atoms with van der Waals surface area (Å²) in [7, 11) is 0. The molecule has 2 aromatic heterocycles. The van der Waals surface area contributed by atoms with Crippen molar-refractivity contribution < 1.29 is 4.79 Å². The van der Waals surface area contributed by atoms with Gasteiger partial charge in [-0.15, -0.1) is 11.3 Å². The van der Waals surface area contributed by atoms with Crippen LogP contribution in [-0.4, -0.2) is 20.9 Å². The van der Waals surface area contributed by atoms with Gasteiger partial charge in [0.15, 0.2) is 0 Å². The van der Waals surface area contributed by atoms with Crippen molar-refractivity contribution in [1.82, 2.24) is 15.0 Å². The molecule has 0 radical (unpaired) electrons. The second kappa shape index (κ2) is 6.00. The quantitative estimate of drug-likeness (QED) is 0.910. The van der Waals surface area contributed by atoms with Gasteiger partial charge in [-0.2, -0.15) is 0 Å². The molecule has 0 aliphatic carbocycles. The van der Waals surface area contributed by atoms with Crippen molar-refractivity contribution in [1.29, 1.82) is 0 Å². The highest BCUT2D eigenvalue weighted by Crippen LogP contribution is 2.22. The van der Waals surface area contributed by atoms with E-state index in [9.17, 15) is 9.59 Å². The number of nitrogens with one attached hydrogen (secondary N) is 2. The molecule has 0 aromatic carbocycles. The smallest absolute Gasteiger partial charge is 0.264 e. The number of hydrogen-bond donors (Lipinski definition) is 2. The Bertz CT molecular complexity index is 756. The molecule has 0 fully saturated rings. The number of aromatic amines is 1. The molecule has 0 unspecified atom stereocenters. The Labute approximate surface area is 133 Å². The van der Waals surface area contributed by atoms with Gasteiger partial charge in [-0.25, -0.2) is 9.97 Å². The molecule has 118 valence electrons. The number of carbonyl (C=O) groups is 1. The predicted molar refractivity (Wildman–Crippen MR) is 87.7 cm³/mol. The summed E-state index contributed by atoms with van der Waals surface area (Å²) in [5, 5.41) is 3.43. The van der Waals surface area contributed by atoms with Crippen LogP contribution < -0.4 is 10.9 Å². The molecule has 7 heteroatoms. The molecule has 0 aliphatic rings. The van der Waals surface area contributed by atoms with Gasteiger partial charge in [-0.05, 0) is 13.3 Å². The maximum Gasteiger partial charge on any atom is 0.264 e. The molecule has 0 saturated carbocycles. The second-order valence-corrected chi connectivity index (χ2v) is 6.92. The highest BCUT2D eigenvalue weighted by Gasteiger charge is 2.22. The average Bonchev–Trinajstić information content (AvgIpc) is 2.83. The Morgan fingerprint density at radius 2 is 2.09 bits per heavy atom. The van der Waals surface area contributed by atoms with Crippen molar-refractivity contribution in [3.63, 3.8) is 0 Å². The van der Waals surface area contributed by atoms with Crippen molar-refractivity contribution >= 4 is 22.2 Å². The van der Waals surface area contributed by atoms with Gasteiger partial charge in [-0.3, -0.25) is 9.59 Å². The van der Waals surface area contributed by atoms with Crippen LogP contribution in [0, 0.1) is 6.92 Å². The molecule has 0 aliphatic heterocycles. The maximum absolute atomic E-state index is 12.4. The van der Waals surface area contributed by atoms with Crippen LogP contribution in [-0.2, 0) is 11.8 Å². The van der Waals surface area contributed by atoms with E-state index in [1.54, 1.807) is 12.4 Å². The molecule has 0 atom stereocenters. The number of anilines is 1. The Morgan fingerprint density at radius 3 is 2.64 bits per heavy atom. The lowest BCUT2D eigenvalue weighted by Gasteiger charge is -2.18. The zero-order valence-electron chi connectivity index (χ0n) is 13.4. The number of nitrogens with zero attached hydrogens (tertiary/aromatic N) is 2. The van der Waals surface area contributed by atoms with Gasteiger partial charge in [-0.1, -0.05) is 27.7 Å². The van der Waals surface area contributed by atoms with Crippen LogP contribution in [0.1, 0.15) is 55.3 Å². The minimum absolute atomic E-state index is 0.0449. The predicted octanol–water partition coefficient (Wildman–Crippen LogP) is 2.65. The van der Waals surface area contributed by atoms with E-state index in [4.69, 9.17) is 0 Å². The molecular weight excluding hydrogens is 300 g/mol. The summed E-state index contributed by atoms with van der Waals surface area (Å²) >= 11 is 1.34. The third-order valence-electron chi connectivity index (χ3n) is 3.24. The minimum Gasteiger partial charge on any atom is -0.312 e. The number of amides is 1. The molecule has 2 heterocycles. The van der Waals surface area contributed by atoms with Gasteiger partial charge in [0.2, 0.25) is 0 Å². The zero-order chi connectivity index (χ0) is 16.5. The average molecular weight is 320 g/mol. The van der Waals surface area contributed by atoms with Crippen LogP contribution >= 0.6 is 11.3 Å². The molecular formula is C15H20N4O2S. The Morgan fingerprint density at radius 1 is 1.41 bits per heavy atom. The van der Waals surface area contributed by atoms with Gasteiger partial charge in [0.25, 0.3) is 11.5 Å². The number of carbonyl (C=O) groups excluding carboxylic acids is 1. The highest BCUT2D eigenvalue weighted by molar-refractivity contribution is 7.14. The number of H-pyrrole nitrogens is 1. The third-order valence-corrected chi connectivity index (χ3v) is 4.03. The van der Waals surface area contributed by atoms with Crippen molar-refractivity contribution in [2.75, 3.05) is 5.32 Å². The summed E-state index contributed by atoms with van der Waals surface area (Å²) in [6.07, 6.45) is 0.718. The van der Waals surface area contributed by atoms with Gasteiger partial charge in [0, 0.05) is 5.41 Å². The molecule has 6 nitrogen and oxygen atoms in total. The van der Waals surface area contributed by atoms with E-state index < -0.39 is 11.5 Å². The topological polar surface area (TPSA) is 87.7 Å². The lowest BCUT2D eigenvalue weighted by atomic mass is 9.95. The van der Waals surface area contributed by atoms with E-state index in [1.165, 1.54) is 11.3 Å². The van der Waals surface area contributed by atoms with Crippen molar-refractivity contribution in [2.45, 2.75) is 46.5 Å².